The highest BCUT2D eigenvalue weighted by Gasteiger charge is 2.23. The van der Waals surface area contributed by atoms with E-state index >= 15 is 0 Å². The van der Waals surface area contributed by atoms with Crippen LogP contribution < -0.4 is 16.0 Å². The van der Waals surface area contributed by atoms with Crippen molar-refractivity contribution in [1.82, 2.24) is 20.9 Å². The van der Waals surface area contributed by atoms with E-state index in [2.05, 4.69) is 16.0 Å². The molecule has 0 radical (unpaired) electrons. The van der Waals surface area contributed by atoms with Gasteiger partial charge < -0.3 is 20.9 Å². The second-order valence-electron chi connectivity index (χ2n) is 6.60. The molecule has 0 spiro atoms. The van der Waals surface area contributed by atoms with Crippen LogP contribution in [0.15, 0.2) is 24.3 Å². The number of carbonyl (C=O) groups excluding carboxylic acids is 3. The van der Waals surface area contributed by atoms with Gasteiger partial charge in [0.2, 0.25) is 5.91 Å². The number of amides is 4. The van der Waals surface area contributed by atoms with Crippen molar-refractivity contribution >= 4 is 17.8 Å². The van der Waals surface area contributed by atoms with Gasteiger partial charge in [0.25, 0.3) is 5.91 Å². The fourth-order valence-corrected chi connectivity index (χ4v) is 3.02. The summed E-state index contributed by atoms with van der Waals surface area (Å²) in [5.41, 5.74) is 1.46. The highest BCUT2D eigenvalue weighted by Crippen LogP contribution is 2.11. The van der Waals surface area contributed by atoms with Gasteiger partial charge in [-0.05, 0) is 37.0 Å². The first kappa shape index (κ1) is 19.8. The molecular formula is C19H28N4O3. The molecule has 7 nitrogen and oxygen atoms in total. The van der Waals surface area contributed by atoms with Gasteiger partial charge in [0, 0.05) is 44.7 Å². The Kier molecular flexibility index (Phi) is 7.44. The van der Waals surface area contributed by atoms with Crippen molar-refractivity contribution in [2.75, 3.05) is 19.6 Å². The normalized spacial score (nSPS) is 16.7. The molecule has 2 rings (SSSR count). The van der Waals surface area contributed by atoms with Crippen LogP contribution in [0.4, 0.5) is 4.79 Å². The molecule has 4 amide bonds. The van der Waals surface area contributed by atoms with E-state index in [1.807, 2.05) is 19.1 Å². The Morgan fingerprint density at radius 2 is 2.04 bits per heavy atom. The van der Waals surface area contributed by atoms with Gasteiger partial charge in [-0.3, -0.25) is 9.59 Å². The van der Waals surface area contributed by atoms with Crippen LogP contribution in [0.2, 0.25) is 0 Å². The predicted molar refractivity (Wildman–Crippen MR) is 99.7 cm³/mol. The topological polar surface area (TPSA) is 90.5 Å². The van der Waals surface area contributed by atoms with E-state index in [1.165, 1.54) is 6.92 Å². The summed E-state index contributed by atoms with van der Waals surface area (Å²) in [5, 5.41) is 8.61. The molecule has 0 aliphatic carbocycles. The molecule has 7 heteroatoms. The van der Waals surface area contributed by atoms with Gasteiger partial charge in [-0.2, -0.15) is 0 Å². The molecule has 3 N–H and O–H groups in total. The number of nitrogens with zero attached hydrogens (tertiary/aromatic N) is 1. The SMILES string of the molecule is CCCNC(=O)c1cccc(CNC(=O)N2CCCC(NC(C)=O)C2)c1. The van der Waals surface area contributed by atoms with Crippen molar-refractivity contribution in [3.8, 4) is 0 Å². The van der Waals surface area contributed by atoms with Crippen LogP contribution in [0.3, 0.4) is 0 Å². The quantitative estimate of drug-likeness (QED) is 0.720. The molecule has 1 unspecified atom stereocenters. The van der Waals surface area contributed by atoms with Crippen LogP contribution in [0.1, 0.15) is 49.0 Å². The smallest absolute Gasteiger partial charge is 0.317 e. The van der Waals surface area contributed by atoms with E-state index in [-0.39, 0.29) is 23.9 Å². The lowest BCUT2D eigenvalue weighted by Gasteiger charge is -2.33. The van der Waals surface area contributed by atoms with E-state index in [4.69, 9.17) is 0 Å². The van der Waals surface area contributed by atoms with Gasteiger partial charge in [0.05, 0.1) is 0 Å². The molecule has 1 aromatic rings. The molecule has 0 aromatic heterocycles. The standard InChI is InChI=1S/C19H28N4O3/c1-3-9-20-18(25)16-7-4-6-15(11-16)12-21-19(26)23-10-5-8-17(13-23)22-14(2)24/h4,6-7,11,17H,3,5,8-10,12-13H2,1-2H3,(H,20,25)(H,21,26)(H,22,24). The molecule has 1 heterocycles. The summed E-state index contributed by atoms with van der Waals surface area (Å²) in [7, 11) is 0. The number of nitrogens with one attached hydrogen (secondary N) is 3. The first-order chi connectivity index (χ1) is 12.5. The lowest BCUT2D eigenvalue weighted by Crippen LogP contribution is -2.51. The maximum atomic E-state index is 12.4. The minimum atomic E-state index is -0.152. The van der Waals surface area contributed by atoms with Crippen LogP contribution in [0.25, 0.3) is 0 Å². The summed E-state index contributed by atoms with van der Waals surface area (Å²) in [6, 6.07) is 7.11. The van der Waals surface area contributed by atoms with Crippen LogP contribution in [-0.4, -0.2) is 48.4 Å². The zero-order valence-electron chi connectivity index (χ0n) is 15.5. The van der Waals surface area contributed by atoms with Crippen molar-refractivity contribution in [3.05, 3.63) is 35.4 Å². The number of hydrogen-bond acceptors (Lipinski definition) is 3. The first-order valence-corrected chi connectivity index (χ1v) is 9.16. The maximum absolute atomic E-state index is 12.4. The summed E-state index contributed by atoms with van der Waals surface area (Å²) in [5.74, 6) is -0.176. The first-order valence-electron chi connectivity index (χ1n) is 9.16. The zero-order chi connectivity index (χ0) is 18.9. The Morgan fingerprint density at radius 1 is 1.23 bits per heavy atom. The van der Waals surface area contributed by atoms with Crippen LogP contribution in [0.5, 0.6) is 0 Å². The summed E-state index contributed by atoms with van der Waals surface area (Å²) < 4.78 is 0. The van der Waals surface area contributed by atoms with Crippen LogP contribution in [0, 0.1) is 0 Å². The minimum absolute atomic E-state index is 0.0117. The molecule has 26 heavy (non-hydrogen) atoms. The van der Waals surface area contributed by atoms with Gasteiger partial charge in [0.15, 0.2) is 0 Å². The lowest BCUT2D eigenvalue weighted by molar-refractivity contribution is -0.119. The average molecular weight is 360 g/mol. The van der Waals surface area contributed by atoms with E-state index < -0.39 is 0 Å². The van der Waals surface area contributed by atoms with Gasteiger partial charge in [0.1, 0.15) is 0 Å². The summed E-state index contributed by atoms with van der Waals surface area (Å²) in [6.07, 6.45) is 2.64. The Balaban J connectivity index is 1.87. The highest BCUT2D eigenvalue weighted by molar-refractivity contribution is 5.94. The summed E-state index contributed by atoms with van der Waals surface area (Å²) in [6.45, 7) is 5.69. The van der Waals surface area contributed by atoms with Crippen LogP contribution in [-0.2, 0) is 11.3 Å². The third-order valence-corrected chi connectivity index (χ3v) is 4.28. The Bertz CT molecular complexity index is 647. The predicted octanol–water partition coefficient (Wildman–Crippen LogP) is 1.64. The molecule has 1 aliphatic heterocycles. The Labute approximate surface area is 154 Å². The van der Waals surface area contributed by atoms with Gasteiger partial charge in [-0.15, -0.1) is 0 Å². The Hall–Kier alpha value is -2.57. The van der Waals surface area contributed by atoms with Crippen LogP contribution >= 0.6 is 0 Å². The number of carbonyl (C=O) groups is 3. The largest absolute Gasteiger partial charge is 0.352 e. The molecule has 0 saturated carbocycles. The molecule has 0 bridgehead atoms. The number of hydrogen-bond donors (Lipinski definition) is 3. The fourth-order valence-electron chi connectivity index (χ4n) is 3.02. The second-order valence-corrected chi connectivity index (χ2v) is 6.60. The summed E-state index contributed by atoms with van der Waals surface area (Å²) in [4.78, 5) is 37.3. The fraction of sp³-hybridized carbons (Fsp3) is 0.526. The molecular weight excluding hydrogens is 332 g/mol. The van der Waals surface area contributed by atoms with Crippen molar-refractivity contribution in [3.63, 3.8) is 0 Å². The lowest BCUT2D eigenvalue weighted by atomic mass is 10.1. The minimum Gasteiger partial charge on any atom is -0.352 e. The number of benzene rings is 1. The molecule has 1 aliphatic rings. The molecule has 142 valence electrons. The van der Waals surface area contributed by atoms with Crippen molar-refractivity contribution in [1.29, 1.82) is 0 Å². The number of likely N-dealkylation sites (tertiary alicyclic amines) is 1. The molecule has 1 aromatic carbocycles. The molecule has 1 fully saturated rings. The monoisotopic (exact) mass is 360 g/mol. The number of rotatable bonds is 6. The van der Waals surface area contributed by atoms with Crippen molar-refractivity contribution in [2.45, 2.75) is 45.7 Å². The van der Waals surface area contributed by atoms with Crippen molar-refractivity contribution < 1.29 is 14.4 Å². The summed E-state index contributed by atoms with van der Waals surface area (Å²) >= 11 is 0. The average Bonchev–Trinajstić information content (AvgIpc) is 2.64. The van der Waals surface area contributed by atoms with E-state index in [1.54, 1.807) is 17.0 Å². The van der Waals surface area contributed by atoms with Crippen molar-refractivity contribution in [2.24, 2.45) is 0 Å². The van der Waals surface area contributed by atoms with E-state index in [0.29, 0.717) is 31.7 Å². The van der Waals surface area contributed by atoms with Gasteiger partial charge in [-0.1, -0.05) is 19.1 Å². The van der Waals surface area contributed by atoms with E-state index in [0.717, 1.165) is 24.8 Å². The number of piperidine rings is 1. The zero-order valence-corrected chi connectivity index (χ0v) is 15.5. The second kappa shape index (κ2) is 9.79. The number of urea groups is 1. The third-order valence-electron chi connectivity index (χ3n) is 4.28. The molecule has 1 atom stereocenters. The molecule has 1 saturated heterocycles. The third kappa shape index (κ3) is 6.06. The maximum Gasteiger partial charge on any atom is 0.317 e. The Morgan fingerprint density at radius 3 is 2.77 bits per heavy atom. The van der Waals surface area contributed by atoms with E-state index in [9.17, 15) is 14.4 Å². The van der Waals surface area contributed by atoms with Gasteiger partial charge >= 0.3 is 6.03 Å². The van der Waals surface area contributed by atoms with Gasteiger partial charge in [-0.25, -0.2) is 4.79 Å². The highest BCUT2D eigenvalue weighted by atomic mass is 16.2.